The van der Waals surface area contributed by atoms with Crippen molar-refractivity contribution in [2.24, 2.45) is 5.73 Å². The molecule has 0 aliphatic rings. The summed E-state index contributed by atoms with van der Waals surface area (Å²) in [4.78, 5) is 11.5. The van der Waals surface area contributed by atoms with E-state index in [2.05, 4.69) is 5.32 Å². The fourth-order valence-electron chi connectivity index (χ4n) is 1.39. The molecule has 1 atom stereocenters. The van der Waals surface area contributed by atoms with E-state index in [1.807, 2.05) is 38.1 Å². The fourth-order valence-corrected chi connectivity index (χ4v) is 1.39. The summed E-state index contributed by atoms with van der Waals surface area (Å²) >= 11 is 0. The van der Waals surface area contributed by atoms with Crippen LogP contribution in [0.25, 0.3) is 0 Å². The molecule has 3 nitrogen and oxygen atoms in total. The van der Waals surface area contributed by atoms with Gasteiger partial charge in [-0.05, 0) is 19.4 Å². The van der Waals surface area contributed by atoms with Crippen LogP contribution in [0.2, 0.25) is 0 Å². The molecule has 3 N–H and O–H groups in total. The summed E-state index contributed by atoms with van der Waals surface area (Å²) in [5.74, 6) is 0.0264. The van der Waals surface area contributed by atoms with Crippen molar-refractivity contribution in [1.29, 1.82) is 0 Å². The molecule has 0 aliphatic heterocycles. The molecule has 15 heavy (non-hydrogen) atoms. The van der Waals surface area contributed by atoms with Gasteiger partial charge in [0.25, 0.3) is 0 Å². The Labute approximate surface area is 90.7 Å². The Bertz CT molecular complexity index is 336. The Balaban J connectivity index is 2.51. The smallest absolute Gasteiger partial charge is 0.224 e. The molecule has 82 valence electrons. The molecule has 0 spiro atoms. The molecule has 0 unspecified atom stereocenters. The van der Waals surface area contributed by atoms with Crippen LogP contribution < -0.4 is 11.1 Å². The van der Waals surface area contributed by atoms with Crippen molar-refractivity contribution in [3.63, 3.8) is 0 Å². The van der Waals surface area contributed by atoms with Gasteiger partial charge in [0.15, 0.2) is 0 Å². The standard InChI is InChI=1S/C12H18N2O/c1-9-4-3-5-11(6-9)7-12(15)14-10(2)8-13/h3-6,10H,7-8,13H2,1-2H3,(H,14,15)/t10-/m1/s1. The molecule has 0 bridgehead atoms. The summed E-state index contributed by atoms with van der Waals surface area (Å²) in [6.45, 7) is 4.39. The number of nitrogens with one attached hydrogen (secondary N) is 1. The second-order valence-corrected chi connectivity index (χ2v) is 3.87. The number of aryl methyl sites for hydroxylation is 1. The van der Waals surface area contributed by atoms with Crippen LogP contribution in [0.4, 0.5) is 0 Å². The monoisotopic (exact) mass is 206 g/mol. The van der Waals surface area contributed by atoms with E-state index in [9.17, 15) is 4.79 Å². The van der Waals surface area contributed by atoms with Crippen LogP contribution in [0.15, 0.2) is 24.3 Å². The lowest BCUT2D eigenvalue weighted by Gasteiger charge is -2.11. The number of rotatable bonds is 4. The molecule has 0 radical (unpaired) electrons. The van der Waals surface area contributed by atoms with Crippen LogP contribution in [-0.4, -0.2) is 18.5 Å². The first-order valence-electron chi connectivity index (χ1n) is 5.17. The van der Waals surface area contributed by atoms with Crippen LogP contribution in [0.1, 0.15) is 18.1 Å². The first-order chi connectivity index (χ1) is 7.11. The van der Waals surface area contributed by atoms with Gasteiger partial charge >= 0.3 is 0 Å². The lowest BCUT2D eigenvalue weighted by Crippen LogP contribution is -2.38. The van der Waals surface area contributed by atoms with Crippen LogP contribution in [0.3, 0.4) is 0 Å². The zero-order valence-corrected chi connectivity index (χ0v) is 9.29. The number of amides is 1. The minimum absolute atomic E-state index is 0.0264. The minimum Gasteiger partial charge on any atom is -0.352 e. The zero-order chi connectivity index (χ0) is 11.3. The number of hydrogen-bond donors (Lipinski definition) is 2. The molecule has 1 rings (SSSR count). The minimum atomic E-state index is 0.0264. The van der Waals surface area contributed by atoms with Crippen molar-refractivity contribution >= 4 is 5.91 Å². The van der Waals surface area contributed by atoms with Gasteiger partial charge in [-0.15, -0.1) is 0 Å². The Morgan fingerprint density at radius 1 is 1.53 bits per heavy atom. The van der Waals surface area contributed by atoms with Gasteiger partial charge in [0.05, 0.1) is 6.42 Å². The number of hydrogen-bond acceptors (Lipinski definition) is 2. The number of benzene rings is 1. The van der Waals surface area contributed by atoms with Gasteiger partial charge < -0.3 is 11.1 Å². The van der Waals surface area contributed by atoms with E-state index in [0.29, 0.717) is 13.0 Å². The second kappa shape index (κ2) is 5.51. The topological polar surface area (TPSA) is 55.1 Å². The van der Waals surface area contributed by atoms with Crippen molar-refractivity contribution < 1.29 is 4.79 Å². The quantitative estimate of drug-likeness (QED) is 0.772. The van der Waals surface area contributed by atoms with Crippen LogP contribution >= 0.6 is 0 Å². The molecule has 3 heteroatoms. The fraction of sp³-hybridized carbons (Fsp3) is 0.417. The van der Waals surface area contributed by atoms with Crippen molar-refractivity contribution in [3.05, 3.63) is 35.4 Å². The predicted octanol–water partition coefficient (Wildman–Crippen LogP) is 1.00. The maximum Gasteiger partial charge on any atom is 0.224 e. The third-order valence-electron chi connectivity index (χ3n) is 2.21. The lowest BCUT2D eigenvalue weighted by atomic mass is 10.1. The van der Waals surface area contributed by atoms with Gasteiger partial charge in [0, 0.05) is 12.6 Å². The van der Waals surface area contributed by atoms with E-state index in [4.69, 9.17) is 5.73 Å². The summed E-state index contributed by atoms with van der Waals surface area (Å²) < 4.78 is 0. The third kappa shape index (κ3) is 4.13. The molecule has 0 saturated heterocycles. The summed E-state index contributed by atoms with van der Waals surface area (Å²) in [6, 6.07) is 8.00. The van der Waals surface area contributed by atoms with E-state index in [1.54, 1.807) is 0 Å². The van der Waals surface area contributed by atoms with Crippen LogP contribution in [0.5, 0.6) is 0 Å². The summed E-state index contributed by atoms with van der Waals surface area (Å²) in [5.41, 5.74) is 7.64. The van der Waals surface area contributed by atoms with E-state index < -0.39 is 0 Å². The van der Waals surface area contributed by atoms with E-state index >= 15 is 0 Å². The average Bonchev–Trinajstić information content (AvgIpc) is 2.17. The average molecular weight is 206 g/mol. The SMILES string of the molecule is Cc1cccc(CC(=O)N[C@H](C)CN)c1. The number of nitrogens with two attached hydrogens (primary N) is 1. The molecular weight excluding hydrogens is 188 g/mol. The van der Waals surface area contributed by atoms with Crippen LogP contribution in [-0.2, 0) is 11.2 Å². The second-order valence-electron chi connectivity index (χ2n) is 3.87. The molecule has 0 aromatic heterocycles. The Morgan fingerprint density at radius 2 is 2.27 bits per heavy atom. The molecule has 0 saturated carbocycles. The van der Waals surface area contributed by atoms with E-state index in [-0.39, 0.29) is 11.9 Å². The zero-order valence-electron chi connectivity index (χ0n) is 9.29. The van der Waals surface area contributed by atoms with Gasteiger partial charge in [0.2, 0.25) is 5.91 Å². The van der Waals surface area contributed by atoms with E-state index in [1.165, 1.54) is 5.56 Å². The highest BCUT2D eigenvalue weighted by molar-refractivity contribution is 5.78. The summed E-state index contributed by atoms with van der Waals surface area (Å²) in [6.07, 6.45) is 0.423. The molecular formula is C12H18N2O. The largest absolute Gasteiger partial charge is 0.352 e. The number of carbonyl (C=O) groups excluding carboxylic acids is 1. The van der Waals surface area contributed by atoms with Gasteiger partial charge in [-0.25, -0.2) is 0 Å². The van der Waals surface area contributed by atoms with Gasteiger partial charge in [-0.2, -0.15) is 0 Å². The first kappa shape index (κ1) is 11.7. The molecule has 0 aliphatic carbocycles. The van der Waals surface area contributed by atoms with E-state index in [0.717, 1.165) is 5.56 Å². The highest BCUT2D eigenvalue weighted by Crippen LogP contribution is 2.04. The molecule has 1 aromatic rings. The first-order valence-corrected chi connectivity index (χ1v) is 5.17. The maximum atomic E-state index is 11.5. The highest BCUT2D eigenvalue weighted by Gasteiger charge is 2.06. The van der Waals surface area contributed by atoms with Crippen molar-refractivity contribution in [2.45, 2.75) is 26.3 Å². The third-order valence-corrected chi connectivity index (χ3v) is 2.21. The lowest BCUT2D eigenvalue weighted by molar-refractivity contribution is -0.120. The van der Waals surface area contributed by atoms with Crippen molar-refractivity contribution in [1.82, 2.24) is 5.32 Å². The summed E-state index contributed by atoms with van der Waals surface area (Å²) in [5, 5.41) is 2.83. The van der Waals surface area contributed by atoms with Gasteiger partial charge in [0.1, 0.15) is 0 Å². The Morgan fingerprint density at radius 3 is 2.87 bits per heavy atom. The van der Waals surface area contributed by atoms with Gasteiger partial charge in [-0.3, -0.25) is 4.79 Å². The van der Waals surface area contributed by atoms with Crippen LogP contribution in [0, 0.1) is 6.92 Å². The molecule has 1 aromatic carbocycles. The summed E-state index contributed by atoms with van der Waals surface area (Å²) in [7, 11) is 0. The Hall–Kier alpha value is -1.35. The maximum absolute atomic E-state index is 11.5. The molecule has 0 heterocycles. The molecule has 1 amide bonds. The number of carbonyl (C=O) groups is 1. The van der Waals surface area contributed by atoms with Crippen molar-refractivity contribution in [2.75, 3.05) is 6.54 Å². The highest BCUT2D eigenvalue weighted by atomic mass is 16.1. The Kier molecular flexibility index (Phi) is 4.31. The normalized spacial score (nSPS) is 12.2. The predicted molar refractivity (Wildman–Crippen MR) is 61.5 cm³/mol. The molecule has 0 fully saturated rings. The van der Waals surface area contributed by atoms with Crippen molar-refractivity contribution in [3.8, 4) is 0 Å². The van der Waals surface area contributed by atoms with Gasteiger partial charge in [-0.1, -0.05) is 29.8 Å².